The lowest BCUT2D eigenvalue weighted by molar-refractivity contribution is 0.582. The third-order valence-corrected chi connectivity index (χ3v) is 6.61. The van der Waals surface area contributed by atoms with Gasteiger partial charge in [-0.15, -0.1) is 10.2 Å². The molecule has 2 heterocycles. The van der Waals surface area contributed by atoms with E-state index in [2.05, 4.69) is 32.4 Å². The smallest absolute Gasteiger partial charge is 0.270 e. The number of anilines is 1. The molecule has 0 radical (unpaired) electrons. The third kappa shape index (κ3) is 5.53. The van der Waals surface area contributed by atoms with Crippen LogP contribution in [0.5, 0.6) is 0 Å². The Morgan fingerprint density at radius 1 is 1.03 bits per heavy atom. The van der Waals surface area contributed by atoms with E-state index in [0.29, 0.717) is 17.3 Å². The second-order valence-electron chi connectivity index (χ2n) is 7.75. The van der Waals surface area contributed by atoms with E-state index in [1.165, 1.54) is 5.56 Å². The molecular weight excluding hydrogens is 452 g/mol. The number of hydrogen-bond acceptors (Lipinski definition) is 8. The highest BCUT2D eigenvalue weighted by Gasteiger charge is 2.17. The van der Waals surface area contributed by atoms with Crippen LogP contribution < -0.4 is 11.1 Å². The van der Waals surface area contributed by atoms with Gasteiger partial charge in [0.15, 0.2) is 11.5 Å². The van der Waals surface area contributed by atoms with Crippen LogP contribution in [0.25, 0.3) is 34.3 Å². The Morgan fingerprint density at radius 2 is 1.68 bits per heavy atom. The summed E-state index contributed by atoms with van der Waals surface area (Å²) in [5.74, 6) is 0.783. The molecule has 0 bridgehead atoms. The summed E-state index contributed by atoms with van der Waals surface area (Å²) in [6.07, 6.45) is 1.59. The van der Waals surface area contributed by atoms with Crippen LogP contribution in [0.4, 0.5) is 5.82 Å². The van der Waals surface area contributed by atoms with E-state index in [1.54, 1.807) is 6.20 Å². The summed E-state index contributed by atoms with van der Waals surface area (Å²) in [4.78, 5) is 9.64. The lowest BCUT2D eigenvalue weighted by atomic mass is 10.1. The molecule has 0 saturated carbocycles. The second-order valence-corrected chi connectivity index (χ2v) is 9.76. The zero-order chi connectivity index (χ0) is 23.4. The molecule has 0 fully saturated rings. The van der Waals surface area contributed by atoms with Gasteiger partial charge >= 0.3 is 0 Å². The molecule has 9 nitrogen and oxygen atoms in total. The van der Waals surface area contributed by atoms with Crippen molar-refractivity contribution in [1.29, 1.82) is 0 Å². The summed E-state index contributed by atoms with van der Waals surface area (Å²) in [5, 5.41) is 11.6. The molecule has 2 aromatic carbocycles. The van der Waals surface area contributed by atoms with Crippen molar-refractivity contribution >= 4 is 16.6 Å². The summed E-state index contributed by atoms with van der Waals surface area (Å²) >= 11 is 0. The van der Waals surface area contributed by atoms with Crippen LogP contribution >= 0.6 is 0 Å². The van der Waals surface area contributed by atoms with Crippen LogP contribution in [-0.4, -0.2) is 41.6 Å². The predicted octanol–water partition coefficient (Wildman–Crippen LogP) is 3.98. The first-order valence-corrected chi connectivity index (χ1v) is 11.9. The number of nitrogens with zero attached hydrogens (tertiary/aromatic N) is 4. The summed E-state index contributed by atoms with van der Waals surface area (Å²) < 4.78 is 18.2. The number of nitrogens with two attached hydrogens (primary N) is 1. The lowest BCUT2D eigenvalue weighted by Gasteiger charge is -2.07. The molecular formula is C24H34N6O3S. The van der Waals surface area contributed by atoms with Crippen molar-refractivity contribution in [1.82, 2.24) is 25.5 Å². The monoisotopic (exact) mass is 486 g/mol. The van der Waals surface area contributed by atoms with Crippen molar-refractivity contribution in [2.75, 3.05) is 12.3 Å². The van der Waals surface area contributed by atoms with E-state index in [4.69, 9.17) is 10.2 Å². The topological polar surface area (TPSA) is 151 Å². The van der Waals surface area contributed by atoms with Crippen molar-refractivity contribution in [2.45, 2.75) is 37.5 Å². The number of hydrogen-bond donors (Lipinski definition) is 2. The first-order chi connectivity index (χ1) is 16.0. The van der Waals surface area contributed by atoms with Gasteiger partial charge in [0.05, 0.1) is 22.7 Å². The highest BCUT2D eigenvalue weighted by molar-refractivity contribution is 7.85. The number of aromatic nitrogens is 4. The predicted molar refractivity (Wildman–Crippen MR) is 139 cm³/mol. The molecule has 5 N–H and O–H groups in total. The molecule has 184 valence electrons. The minimum atomic E-state index is -1.05. The molecule has 10 heteroatoms. The van der Waals surface area contributed by atoms with Gasteiger partial charge in [-0.25, -0.2) is 9.97 Å². The fourth-order valence-electron chi connectivity index (χ4n) is 3.20. The molecule has 0 aliphatic carbocycles. The van der Waals surface area contributed by atoms with E-state index in [1.807, 2.05) is 62.4 Å². The lowest BCUT2D eigenvalue weighted by Crippen LogP contribution is -2.11. The van der Waals surface area contributed by atoms with Gasteiger partial charge in [0, 0.05) is 32.1 Å². The highest BCUT2D eigenvalue weighted by Crippen LogP contribution is 2.28. The molecule has 2 aromatic heterocycles. The van der Waals surface area contributed by atoms with Gasteiger partial charge in [0.2, 0.25) is 5.89 Å². The fraction of sp³-hybridized carbons (Fsp3) is 0.250. The molecule has 0 aliphatic heterocycles. The maximum atomic E-state index is 12.3. The first-order valence-electron chi connectivity index (χ1n) is 10.7. The van der Waals surface area contributed by atoms with E-state index in [9.17, 15) is 4.21 Å². The van der Waals surface area contributed by atoms with E-state index in [0.717, 1.165) is 29.1 Å². The van der Waals surface area contributed by atoms with Crippen molar-refractivity contribution < 1.29 is 18.4 Å². The first kappa shape index (κ1) is 25.2. The van der Waals surface area contributed by atoms with Gasteiger partial charge in [-0.1, -0.05) is 45.0 Å². The quantitative estimate of drug-likeness (QED) is 0.379. The standard InChI is InChI=1S/C24H26N6O2S.H2O.3H2/c1-4-26-13-16-5-7-18(8-6-16)23-29-30-24(32-23)21-22(25)27-14-20(28-21)17-9-11-19(12-10-17)33(31)15(2)3;;;;/h5-12,14-15,26H,4,13H2,1-3H3,(H2,25,27);1H2;3*1H. The SMILES string of the molecule is CCNCc1ccc(-c2nnc(-c3nc(-c4ccc(S(=O)C(C)C)cc4)cnc3N)o2)cc1.O.[HH].[HH].[HH]. The Labute approximate surface area is 205 Å². The Bertz CT molecular complexity index is 1270. The van der Waals surface area contributed by atoms with Crippen LogP contribution in [0.3, 0.4) is 0 Å². The van der Waals surface area contributed by atoms with Gasteiger partial charge < -0.3 is 20.9 Å². The summed E-state index contributed by atoms with van der Waals surface area (Å²) in [6.45, 7) is 7.65. The largest absolute Gasteiger partial charge is 0.414 e. The van der Waals surface area contributed by atoms with Crippen LogP contribution in [0.1, 0.15) is 30.6 Å². The zero-order valence-corrected chi connectivity index (χ0v) is 20.1. The summed E-state index contributed by atoms with van der Waals surface area (Å²) in [7, 11) is -1.05. The third-order valence-electron chi connectivity index (χ3n) is 5.02. The average molecular weight is 487 g/mol. The molecule has 0 aliphatic rings. The zero-order valence-electron chi connectivity index (χ0n) is 19.3. The average Bonchev–Trinajstić information content (AvgIpc) is 3.33. The molecule has 0 spiro atoms. The van der Waals surface area contributed by atoms with Crippen molar-refractivity contribution in [3.8, 4) is 34.3 Å². The van der Waals surface area contributed by atoms with Gasteiger partial charge in [-0.05, 0) is 36.4 Å². The van der Waals surface area contributed by atoms with Gasteiger partial charge in [-0.2, -0.15) is 0 Å². The molecule has 34 heavy (non-hydrogen) atoms. The van der Waals surface area contributed by atoms with Gasteiger partial charge in [0.25, 0.3) is 5.89 Å². The molecule has 1 atom stereocenters. The van der Waals surface area contributed by atoms with Crippen molar-refractivity contribution in [2.24, 2.45) is 0 Å². The summed E-state index contributed by atoms with van der Waals surface area (Å²) in [5.41, 5.74) is 9.80. The maximum absolute atomic E-state index is 12.3. The number of nitrogen functional groups attached to an aromatic ring is 1. The van der Waals surface area contributed by atoms with Gasteiger partial charge in [0.1, 0.15) is 0 Å². The Morgan fingerprint density at radius 3 is 2.32 bits per heavy atom. The molecule has 0 amide bonds. The van der Waals surface area contributed by atoms with E-state index < -0.39 is 10.8 Å². The normalized spacial score (nSPS) is 11.9. The molecule has 4 rings (SSSR count). The Balaban J connectivity index is 0.00000324. The van der Waals surface area contributed by atoms with E-state index >= 15 is 0 Å². The minimum absolute atomic E-state index is 0. The maximum Gasteiger partial charge on any atom is 0.270 e. The van der Waals surface area contributed by atoms with Crippen molar-refractivity contribution in [3.63, 3.8) is 0 Å². The number of nitrogens with one attached hydrogen (secondary N) is 1. The number of rotatable bonds is 8. The molecule has 0 saturated heterocycles. The Hall–Kier alpha value is -3.47. The van der Waals surface area contributed by atoms with Crippen LogP contribution in [0, 0.1) is 0 Å². The fourth-order valence-corrected chi connectivity index (χ4v) is 4.15. The van der Waals surface area contributed by atoms with Crippen LogP contribution in [0.15, 0.2) is 64.0 Å². The number of benzene rings is 2. The highest BCUT2D eigenvalue weighted by atomic mass is 32.2. The second kappa shape index (κ2) is 11.1. The molecule has 1 unspecified atom stereocenters. The van der Waals surface area contributed by atoms with Gasteiger partial charge in [-0.3, -0.25) is 4.21 Å². The van der Waals surface area contributed by atoms with E-state index in [-0.39, 0.29) is 26.7 Å². The van der Waals surface area contributed by atoms with Crippen LogP contribution in [0.2, 0.25) is 0 Å². The Kier molecular flexibility index (Phi) is 8.21. The van der Waals surface area contributed by atoms with Crippen molar-refractivity contribution in [3.05, 3.63) is 60.3 Å². The minimum Gasteiger partial charge on any atom is -0.414 e. The molecule has 4 aromatic rings. The summed E-state index contributed by atoms with van der Waals surface area (Å²) in [6, 6.07) is 15.3. The van der Waals surface area contributed by atoms with Crippen LogP contribution in [-0.2, 0) is 17.3 Å².